The molecule has 0 spiro atoms. The third kappa shape index (κ3) is 4.68. The summed E-state index contributed by atoms with van der Waals surface area (Å²) in [5, 5.41) is 11.8. The molecule has 0 fully saturated rings. The van der Waals surface area contributed by atoms with E-state index >= 15 is 0 Å². The van der Waals surface area contributed by atoms with Gasteiger partial charge in [-0.15, -0.1) is 11.3 Å². The number of nitrogens with one attached hydrogen (secondary N) is 1. The Bertz CT molecular complexity index is 975. The van der Waals surface area contributed by atoms with Crippen molar-refractivity contribution in [2.45, 2.75) is 30.8 Å². The zero-order valence-corrected chi connectivity index (χ0v) is 16.9. The summed E-state index contributed by atoms with van der Waals surface area (Å²) in [6.07, 6.45) is 0.883. The number of sulfonamides is 1. The van der Waals surface area contributed by atoms with Crippen LogP contribution in [-0.2, 0) is 15.6 Å². The number of ether oxygens (including phenoxy) is 1. The summed E-state index contributed by atoms with van der Waals surface area (Å²) in [7, 11) is -3.73. The maximum absolute atomic E-state index is 12.5. The molecule has 3 aromatic rings. The van der Waals surface area contributed by atoms with Crippen LogP contribution in [0.2, 0.25) is 0 Å². The molecule has 27 heavy (non-hydrogen) atoms. The molecule has 0 saturated carbocycles. The van der Waals surface area contributed by atoms with Gasteiger partial charge in [0.2, 0.25) is 10.0 Å². The van der Waals surface area contributed by atoms with E-state index in [1.165, 1.54) is 23.5 Å². The summed E-state index contributed by atoms with van der Waals surface area (Å²) in [6, 6.07) is 16.0. The van der Waals surface area contributed by atoms with Crippen LogP contribution in [0.3, 0.4) is 0 Å². The van der Waals surface area contributed by atoms with Crippen molar-refractivity contribution in [2.75, 3.05) is 13.2 Å². The number of benzene rings is 2. The molecule has 1 heterocycles. The number of hydrogen-bond acceptors (Lipinski definition) is 5. The lowest BCUT2D eigenvalue weighted by molar-refractivity contribution is 0.0666. The Labute approximate surface area is 163 Å². The molecule has 1 unspecified atom stereocenters. The maximum atomic E-state index is 12.5. The Morgan fingerprint density at radius 3 is 2.52 bits per heavy atom. The molecule has 0 aliphatic heterocycles. The van der Waals surface area contributed by atoms with Crippen molar-refractivity contribution >= 4 is 31.4 Å². The lowest BCUT2D eigenvalue weighted by Crippen LogP contribution is -2.38. The van der Waals surface area contributed by atoms with E-state index in [2.05, 4.69) is 4.72 Å². The van der Waals surface area contributed by atoms with E-state index in [1.807, 2.05) is 37.3 Å². The Hall–Kier alpha value is -1.93. The maximum Gasteiger partial charge on any atom is 0.240 e. The van der Waals surface area contributed by atoms with Gasteiger partial charge in [-0.1, -0.05) is 25.1 Å². The number of fused-ring (bicyclic) bond motifs is 1. The minimum atomic E-state index is -3.73. The van der Waals surface area contributed by atoms with Gasteiger partial charge in [0.05, 0.1) is 11.5 Å². The molecule has 2 N–H and O–H groups in total. The van der Waals surface area contributed by atoms with Gasteiger partial charge in [0.25, 0.3) is 0 Å². The minimum Gasteiger partial charge on any atom is -0.494 e. The molecule has 144 valence electrons. The van der Waals surface area contributed by atoms with Crippen molar-refractivity contribution in [2.24, 2.45) is 0 Å². The molecule has 1 atom stereocenters. The summed E-state index contributed by atoms with van der Waals surface area (Å²) in [5.41, 5.74) is -1.30. The molecule has 0 aliphatic rings. The van der Waals surface area contributed by atoms with Gasteiger partial charge in [0.1, 0.15) is 11.4 Å². The molecule has 2 aromatic carbocycles. The molecule has 0 bridgehead atoms. The summed E-state index contributed by atoms with van der Waals surface area (Å²) >= 11 is 1.46. The first-order valence-electron chi connectivity index (χ1n) is 8.76. The first kappa shape index (κ1) is 19.8. The zero-order valence-electron chi connectivity index (χ0n) is 15.3. The fourth-order valence-corrected chi connectivity index (χ4v) is 4.83. The Balaban J connectivity index is 1.71. The molecule has 1 aromatic heterocycles. The summed E-state index contributed by atoms with van der Waals surface area (Å²) in [5.74, 6) is 0.632. The van der Waals surface area contributed by atoms with Crippen LogP contribution in [0.5, 0.6) is 5.75 Å². The van der Waals surface area contributed by atoms with Crippen LogP contribution in [0.4, 0.5) is 0 Å². The summed E-state index contributed by atoms with van der Waals surface area (Å²) in [4.78, 5) is 0.855. The number of rotatable bonds is 8. The fraction of sp³-hybridized carbons (Fsp3) is 0.300. The first-order valence-corrected chi connectivity index (χ1v) is 11.1. The van der Waals surface area contributed by atoms with Gasteiger partial charge in [0.15, 0.2) is 0 Å². The van der Waals surface area contributed by atoms with Crippen LogP contribution < -0.4 is 9.46 Å². The second-order valence-corrected chi connectivity index (χ2v) is 9.42. The standard InChI is InChI=1S/C20H23NO4S2/c1-3-12-25-16-8-10-17(11-9-16)27(23,24)21-14-20(2,22)19-13-15-6-4-5-7-18(15)26-19/h4-11,13,21-22H,3,12,14H2,1-2H3. The fourth-order valence-electron chi connectivity index (χ4n) is 2.59. The highest BCUT2D eigenvalue weighted by Crippen LogP contribution is 2.33. The second-order valence-electron chi connectivity index (χ2n) is 6.57. The number of aliphatic hydroxyl groups is 1. The summed E-state index contributed by atoms with van der Waals surface area (Å²) in [6.45, 7) is 4.09. The van der Waals surface area contributed by atoms with Crippen molar-refractivity contribution in [1.29, 1.82) is 0 Å². The summed E-state index contributed by atoms with van der Waals surface area (Å²) < 4.78 is 34.1. The lowest BCUT2D eigenvalue weighted by Gasteiger charge is -2.22. The highest BCUT2D eigenvalue weighted by atomic mass is 32.2. The van der Waals surface area contributed by atoms with Crippen LogP contribution in [-0.4, -0.2) is 26.7 Å². The SMILES string of the molecule is CCCOc1ccc(S(=O)(=O)NCC(C)(O)c2cc3ccccc3s2)cc1. The van der Waals surface area contributed by atoms with Crippen molar-refractivity contribution in [3.05, 3.63) is 59.5 Å². The van der Waals surface area contributed by atoms with Crippen LogP contribution in [0, 0.1) is 0 Å². The van der Waals surface area contributed by atoms with E-state index < -0.39 is 15.6 Å². The van der Waals surface area contributed by atoms with E-state index in [0.717, 1.165) is 21.4 Å². The van der Waals surface area contributed by atoms with E-state index in [4.69, 9.17) is 4.74 Å². The number of hydrogen-bond donors (Lipinski definition) is 2. The van der Waals surface area contributed by atoms with E-state index in [9.17, 15) is 13.5 Å². The third-order valence-corrected chi connectivity index (χ3v) is 6.96. The molecule has 0 radical (unpaired) electrons. The van der Waals surface area contributed by atoms with Crippen molar-refractivity contribution < 1.29 is 18.3 Å². The van der Waals surface area contributed by atoms with Gasteiger partial charge in [-0.05, 0) is 55.1 Å². The predicted molar refractivity (Wildman–Crippen MR) is 109 cm³/mol. The Morgan fingerprint density at radius 2 is 1.85 bits per heavy atom. The monoisotopic (exact) mass is 405 g/mol. The molecule has 0 aliphatic carbocycles. The third-order valence-electron chi connectivity index (χ3n) is 4.17. The van der Waals surface area contributed by atoms with Crippen molar-refractivity contribution in [3.63, 3.8) is 0 Å². The van der Waals surface area contributed by atoms with Crippen LogP contribution in [0.15, 0.2) is 59.5 Å². The predicted octanol–water partition coefficient (Wildman–Crippen LogP) is 3.88. The van der Waals surface area contributed by atoms with Gasteiger partial charge >= 0.3 is 0 Å². The topological polar surface area (TPSA) is 75.6 Å². The Kier molecular flexibility index (Phi) is 5.86. The molecule has 7 heteroatoms. The van der Waals surface area contributed by atoms with Gasteiger partial charge in [0, 0.05) is 16.1 Å². The molecule has 3 rings (SSSR count). The van der Waals surface area contributed by atoms with E-state index in [-0.39, 0.29) is 11.4 Å². The zero-order chi connectivity index (χ0) is 19.5. The average molecular weight is 406 g/mol. The normalized spacial score (nSPS) is 14.2. The Morgan fingerprint density at radius 1 is 1.15 bits per heavy atom. The molecule has 0 amide bonds. The highest BCUT2D eigenvalue weighted by Gasteiger charge is 2.28. The van der Waals surface area contributed by atoms with Crippen molar-refractivity contribution in [1.82, 2.24) is 4.72 Å². The second kappa shape index (κ2) is 7.98. The van der Waals surface area contributed by atoms with Gasteiger partial charge in [-0.3, -0.25) is 0 Å². The lowest BCUT2D eigenvalue weighted by atomic mass is 10.1. The van der Waals surface area contributed by atoms with E-state index in [1.54, 1.807) is 19.1 Å². The highest BCUT2D eigenvalue weighted by molar-refractivity contribution is 7.89. The quantitative estimate of drug-likeness (QED) is 0.596. The van der Waals surface area contributed by atoms with Gasteiger partial charge in [-0.2, -0.15) is 0 Å². The van der Waals surface area contributed by atoms with Crippen molar-refractivity contribution in [3.8, 4) is 5.75 Å². The first-order chi connectivity index (χ1) is 12.8. The number of thiophene rings is 1. The van der Waals surface area contributed by atoms with Gasteiger partial charge < -0.3 is 9.84 Å². The molecular weight excluding hydrogens is 382 g/mol. The van der Waals surface area contributed by atoms with E-state index in [0.29, 0.717) is 12.4 Å². The minimum absolute atomic E-state index is 0.115. The largest absolute Gasteiger partial charge is 0.494 e. The molecular formula is C20H23NO4S2. The van der Waals surface area contributed by atoms with Crippen LogP contribution >= 0.6 is 11.3 Å². The van der Waals surface area contributed by atoms with Crippen LogP contribution in [0.1, 0.15) is 25.1 Å². The molecule has 5 nitrogen and oxygen atoms in total. The molecule has 0 saturated heterocycles. The van der Waals surface area contributed by atoms with Crippen LogP contribution in [0.25, 0.3) is 10.1 Å². The average Bonchev–Trinajstić information content (AvgIpc) is 3.10. The van der Waals surface area contributed by atoms with Gasteiger partial charge in [-0.25, -0.2) is 13.1 Å². The smallest absolute Gasteiger partial charge is 0.240 e.